The van der Waals surface area contributed by atoms with Crippen molar-refractivity contribution in [3.8, 4) is 11.5 Å². The summed E-state index contributed by atoms with van der Waals surface area (Å²) in [5.74, 6) is 1.42. The molecule has 1 aromatic heterocycles. The second-order valence-corrected chi connectivity index (χ2v) is 4.75. The van der Waals surface area contributed by atoms with E-state index in [0.29, 0.717) is 22.9 Å². The number of anilines is 1. The Balaban J connectivity index is 2.08. The fourth-order valence-electron chi connectivity index (χ4n) is 2.14. The van der Waals surface area contributed by atoms with Crippen LogP contribution in [0.5, 0.6) is 11.5 Å². The average molecular weight is 275 g/mol. The van der Waals surface area contributed by atoms with Crippen LogP contribution >= 0.6 is 0 Å². The van der Waals surface area contributed by atoms with Crippen molar-refractivity contribution in [1.82, 2.24) is 4.98 Å². The highest BCUT2D eigenvalue weighted by atomic mass is 16.5. The highest BCUT2D eigenvalue weighted by molar-refractivity contribution is 5.89. The summed E-state index contributed by atoms with van der Waals surface area (Å²) in [6.07, 6.45) is 1.68. The number of aryl methyl sites for hydroxylation is 1. The first-order valence-electron chi connectivity index (χ1n) is 6.47. The van der Waals surface area contributed by atoms with Crippen LogP contribution in [0.15, 0.2) is 48.7 Å². The van der Waals surface area contributed by atoms with Gasteiger partial charge in [0, 0.05) is 17.3 Å². The minimum Gasteiger partial charge on any atom is -0.457 e. The fourth-order valence-corrected chi connectivity index (χ4v) is 2.14. The zero-order valence-electron chi connectivity index (χ0n) is 11.5. The van der Waals surface area contributed by atoms with Crippen molar-refractivity contribution in [2.24, 2.45) is 0 Å². The number of ether oxygens (including phenoxy) is 1. The normalized spacial score (nSPS) is 10.3. The SMILES string of the molecule is [C-]#[N+]c1cc2nccc(Oc3ccc(N)cc3)c2cc1C. The molecule has 4 heteroatoms. The first kappa shape index (κ1) is 12.9. The maximum absolute atomic E-state index is 7.17. The van der Waals surface area contributed by atoms with Crippen molar-refractivity contribution in [3.63, 3.8) is 0 Å². The summed E-state index contributed by atoms with van der Waals surface area (Å²) in [4.78, 5) is 7.80. The molecule has 4 nitrogen and oxygen atoms in total. The minimum atomic E-state index is 0.611. The van der Waals surface area contributed by atoms with Crippen molar-refractivity contribution in [1.29, 1.82) is 0 Å². The molecule has 1 heterocycles. The number of fused-ring (bicyclic) bond motifs is 1. The van der Waals surface area contributed by atoms with Crippen molar-refractivity contribution in [2.75, 3.05) is 5.73 Å². The molecular formula is C17H13N3O. The van der Waals surface area contributed by atoms with Crippen LogP contribution in [0.3, 0.4) is 0 Å². The number of nitrogens with two attached hydrogens (primary N) is 1. The first-order valence-corrected chi connectivity index (χ1v) is 6.47. The van der Waals surface area contributed by atoms with Gasteiger partial charge >= 0.3 is 0 Å². The van der Waals surface area contributed by atoms with Gasteiger partial charge in [-0.1, -0.05) is 6.07 Å². The summed E-state index contributed by atoms with van der Waals surface area (Å²) in [7, 11) is 0. The van der Waals surface area contributed by atoms with Crippen LogP contribution in [-0.2, 0) is 0 Å². The molecule has 21 heavy (non-hydrogen) atoms. The van der Waals surface area contributed by atoms with Crippen LogP contribution in [0.1, 0.15) is 5.56 Å². The molecular weight excluding hydrogens is 262 g/mol. The van der Waals surface area contributed by atoms with Gasteiger partial charge in [-0.15, -0.1) is 0 Å². The number of hydrogen-bond donors (Lipinski definition) is 1. The lowest BCUT2D eigenvalue weighted by atomic mass is 10.1. The van der Waals surface area contributed by atoms with E-state index in [0.717, 1.165) is 16.5 Å². The molecule has 0 saturated heterocycles. The zero-order chi connectivity index (χ0) is 14.8. The molecule has 0 aliphatic heterocycles. The molecule has 0 amide bonds. The highest BCUT2D eigenvalue weighted by Gasteiger charge is 2.08. The minimum absolute atomic E-state index is 0.611. The molecule has 2 N–H and O–H groups in total. The third-order valence-corrected chi connectivity index (χ3v) is 3.25. The standard InChI is InChI=1S/C17H13N3O/c1-11-9-14-16(10-15(11)19-2)20-8-7-17(14)21-13-5-3-12(18)4-6-13/h3-10H,18H2,1H3. The van der Waals surface area contributed by atoms with Gasteiger partial charge in [0.15, 0.2) is 5.69 Å². The molecule has 2 aromatic carbocycles. The van der Waals surface area contributed by atoms with E-state index in [1.165, 1.54) is 0 Å². The Morgan fingerprint density at radius 2 is 1.90 bits per heavy atom. The van der Waals surface area contributed by atoms with Gasteiger partial charge in [-0.3, -0.25) is 4.98 Å². The monoisotopic (exact) mass is 275 g/mol. The molecule has 0 atom stereocenters. The van der Waals surface area contributed by atoms with Crippen LogP contribution in [0, 0.1) is 13.5 Å². The van der Waals surface area contributed by atoms with Gasteiger partial charge in [0.1, 0.15) is 11.5 Å². The van der Waals surface area contributed by atoms with E-state index >= 15 is 0 Å². The van der Waals surface area contributed by atoms with Gasteiger partial charge in [-0.2, -0.15) is 0 Å². The lowest BCUT2D eigenvalue weighted by molar-refractivity contribution is 0.488. The van der Waals surface area contributed by atoms with Gasteiger partial charge in [-0.05, 0) is 48.9 Å². The number of aromatic nitrogens is 1. The molecule has 102 valence electrons. The van der Waals surface area contributed by atoms with E-state index in [2.05, 4.69) is 9.83 Å². The Labute approximate surface area is 122 Å². The fraction of sp³-hybridized carbons (Fsp3) is 0.0588. The third kappa shape index (κ3) is 2.49. The summed E-state index contributed by atoms with van der Waals surface area (Å²) < 4.78 is 5.90. The molecule has 0 fully saturated rings. The van der Waals surface area contributed by atoms with Crippen LogP contribution in [0.2, 0.25) is 0 Å². The molecule has 0 unspecified atom stereocenters. The van der Waals surface area contributed by atoms with Crippen LogP contribution in [-0.4, -0.2) is 4.98 Å². The summed E-state index contributed by atoms with van der Waals surface area (Å²) >= 11 is 0. The summed E-state index contributed by atoms with van der Waals surface area (Å²) in [6, 6.07) is 12.8. The molecule has 0 radical (unpaired) electrons. The summed E-state index contributed by atoms with van der Waals surface area (Å²) in [6.45, 7) is 9.08. The van der Waals surface area contributed by atoms with Crippen LogP contribution in [0.4, 0.5) is 11.4 Å². The number of nitrogen functional groups attached to an aromatic ring is 1. The number of pyridine rings is 1. The van der Waals surface area contributed by atoms with E-state index in [-0.39, 0.29) is 0 Å². The quantitative estimate of drug-likeness (QED) is 0.554. The van der Waals surface area contributed by atoms with E-state index in [9.17, 15) is 0 Å². The Hall–Kier alpha value is -3.06. The summed E-state index contributed by atoms with van der Waals surface area (Å²) in [5, 5.41) is 0.888. The smallest absolute Gasteiger partial charge is 0.192 e. The molecule has 3 rings (SSSR count). The van der Waals surface area contributed by atoms with Crippen LogP contribution < -0.4 is 10.5 Å². The Morgan fingerprint density at radius 3 is 2.62 bits per heavy atom. The van der Waals surface area contributed by atoms with Crippen molar-refractivity contribution >= 4 is 22.3 Å². The maximum Gasteiger partial charge on any atom is 0.192 e. The number of nitrogens with zero attached hydrogens (tertiary/aromatic N) is 2. The molecule has 3 aromatic rings. The predicted molar refractivity (Wildman–Crippen MR) is 83.7 cm³/mol. The molecule has 0 bridgehead atoms. The lowest BCUT2D eigenvalue weighted by Crippen LogP contribution is -1.89. The molecule has 0 aliphatic rings. The van der Waals surface area contributed by atoms with Gasteiger partial charge in [0.05, 0.1) is 12.1 Å². The Morgan fingerprint density at radius 1 is 1.14 bits per heavy atom. The molecule has 0 saturated carbocycles. The second-order valence-electron chi connectivity index (χ2n) is 4.75. The molecule has 0 spiro atoms. The van der Waals surface area contributed by atoms with E-state index < -0.39 is 0 Å². The third-order valence-electron chi connectivity index (χ3n) is 3.25. The zero-order valence-corrected chi connectivity index (χ0v) is 11.5. The van der Waals surface area contributed by atoms with Gasteiger partial charge in [0.25, 0.3) is 0 Å². The van der Waals surface area contributed by atoms with Crippen LogP contribution in [0.25, 0.3) is 15.7 Å². The van der Waals surface area contributed by atoms with Crippen molar-refractivity contribution < 1.29 is 4.74 Å². The average Bonchev–Trinajstić information content (AvgIpc) is 2.49. The number of rotatable bonds is 2. The van der Waals surface area contributed by atoms with Gasteiger partial charge < -0.3 is 10.5 Å². The van der Waals surface area contributed by atoms with E-state index in [1.54, 1.807) is 24.4 Å². The van der Waals surface area contributed by atoms with Crippen molar-refractivity contribution in [2.45, 2.75) is 6.92 Å². The van der Waals surface area contributed by atoms with Gasteiger partial charge in [-0.25, -0.2) is 4.85 Å². The Kier molecular flexibility index (Phi) is 3.17. The van der Waals surface area contributed by atoms with Gasteiger partial charge in [0.2, 0.25) is 0 Å². The lowest BCUT2D eigenvalue weighted by Gasteiger charge is -2.10. The Bertz CT molecular complexity index is 848. The second kappa shape index (κ2) is 5.14. The maximum atomic E-state index is 7.17. The topological polar surface area (TPSA) is 52.5 Å². The molecule has 0 aliphatic carbocycles. The summed E-state index contributed by atoms with van der Waals surface area (Å²) in [5.41, 5.74) is 8.63. The number of benzene rings is 2. The predicted octanol–water partition coefficient (Wildman–Crippen LogP) is 4.47. The van der Waals surface area contributed by atoms with E-state index in [1.807, 2.05) is 31.2 Å². The largest absolute Gasteiger partial charge is 0.457 e. The first-order chi connectivity index (χ1) is 10.2. The van der Waals surface area contributed by atoms with Crippen molar-refractivity contribution in [3.05, 3.63) is 65.6 Å². The van der Waals surface area contributed by atoms with E-state index in [4.69, 9.17) is 17.0 Å². The number of hydrogen-bond acceptors (Lipinski definition) is 3. The highest BCUT2D eigenvalue weighted by Crippen LogP contribution is 2.33.